The molecular formula is C24H28N7O5S2+. The number of fused-ring (bicyclic) bond motifs is 1. The number of carboxylic acid groups (broad SMARTS) is 2. The smallest absolute Gasteiger partial charge is 0.336 e. The van der Waals surface area contributed by atoms with Crippen LogP contribution in [0.3, 0.4) is 0 Å². The summed E-state index contributed by atoms with van der Waals surface area (Å²) in [6.45, 7) is 9.95. The molecular weight excluding hydrogens is 530 g/mol. The number of quaternary nitrogens is 1. The maximum Gasteiger partial charge on any atom is 0.336 e. The van der Waals surface area contributed by atoms with Gasteiger partial charge in [-0.2, -0.15) is 15.0 Å². The van der Waals surface area contributed by atoms with Gasteiger partial charge in [-0.05, 0) is 42.9 Å². The van der Waals surface area contributed by atoms with E-state index in [9.17, 15) is 24.6 Å². The molecule has 0 saturated heterocycles. The average molecular weight is 559 g/mol. The second-order valence-corrected chi connectivity index (χ2v) is 11.9. The highest BCUT2D eigenvalue weighted by molar-refractivity contribution is 8.01. The van der Waals surface area contributed by atoms with Crippen molar-refractivity contribution in [3.05, 3.63) is 56.6 Å². The molecule has 5 N–H and O–H groups in total. The van der Waals surface area contributed by atoms with E-state index >= 15 is 0 Å². The van der Waals surface area contributed by atoms with E-state index in [4.69, 9.17) is 0 Å². The maximum absolute atomic E-state index is 13.2. The molecule has 0 bridgehead atoms. The number of carboxylic acids is 2. The van der Waals surface area contributed by atoms with Crippen LogP contribution in [0.15, 0.2) is 32.2 Å². The van der Waals surface area contributed by atoms with Gasteiger partial charge in [-0.1, -0.05) is 44.6 Å². The number of benzene rings is 1. The number of rotatable bonds is 8. The van der Waals surface area contributed by atoms with E-state index in [1.54, 1.807) is 5.43 Å². The van der Waals surface area contributed by atoms with Crippen LogP contribution in [-0.2, 0) is 18.9 Å². The molecule has 14 heteroatoms. The van der Waals surface area contributed by atoms with Gasteiger partial charge in [0.25, 0.3) is 5.56 Å². The van der Waals surface area contributed by atoms with Crippen LogP contribution in [0.1, 0.15) is 65.4 Å². The van der Waals surface area contributed by atoms with E-state index in [2.05, 4.69) is 20.7 Å². The molecule has 0 amide bonds. The molecule has 4 aromatic rings. The van der Waals surface area contributed by atoms with Gasteiger partial charge in [0, 0.05) is 28.6 Å². The molecule has 4 rings (SSSR count). The van der Waals surface area contributed by atoms with E-state index in [-0.39, 0.29) is 22.1 Å². The number of nitrogen functional groups attached to an aromatic ring is 1. The molecule has 38 heavy (non-hydrogen) atoms. The Balaban J connectivity index is 1.63. The minimum absolute atomic E-state index is 0.138. The fraction of sp³-hybridized carbons (Fsp3) is 0.333. The summed E-state index contributed by atoms with van der Waals surface area (Å²) in [5, 5.41) is 32.2. The zero-order chi connectivity index (χ0) is 27.9. The third kappa shape index (κ3) is 5.01. The van der Waals surface area contributed by atoms with E-state index in [0.717, 1.165) is 11.4 Å². The summed E-state index contributed by atoms with van der Waals surface area (Å²) in [6, 6.07) is 4.10. The summed E-state index contributed by atoms with van der Waals surface area (Å²) in [5.74, 6) is -2.63. The lowest BCUT2D eigenvalue weighted by atomic mass is 9.91. The van der Waals surface area contributed by atoms with Crippen molar-refractivity contribution in [3.8, 4) is 0 Å². The van der Waals surface area contributed by atoms with Gasteiger partial charge in [-0.25, -0.2) is 15.0 Å². The van der Waals surface area contributed by atoms with Crippen molar-refractivity contribution in [2.45, 2.75) is 55.7 Å². The molecule has 200 valence electrons. The fourth-order valence-electron chi connectivity index (χ4n) is 4.07. The topological polar surface area (TPSA) is 168 Å². The lowest BCUT2D eigenvalue weighted by molar-refractivity contribution is -0.538. The summed E-state index contributed by atoms with van der Waals surface area (Å²) in [6.07, 6.45) is 0.603. The third-order valence-corrected chi connectivity index (χ3v) is 7.96. The molecule has 1 aromatic carbocycles. The van der Waals surface area contributed by atoms with Crippen molar-refractivity contribution in [1.82, 2.24) is 24.4 Å². The number of hydrogen-bond acceptors (Lipinski definition) is 9. The van der Waals surface area contributed by atoms with Crippen LogP contribution in [0, 0.1) is 6.92 Å². The van der Waals surface area contributed by atoms with Gasteiger partial charge in [0.15, 0.2) is 15.7 Å². The van der Waals surface area contributed by atoms with Crippen molar-refractivity contribution < 1.29 is 25.2 Å². The number of aryl methyl sites for hydroxylation is 1. The Morgan fingerprint density at radius 2 is 1.84 bits per heavy atom. The Kier molecular flexibility index (Phi) is 7.32. The molecule has 0 unspecified atom stereocenters. The molecule has 0 saturated carbocycles. The molecule has 3 heterocycles. The largest absolute Gasteiger partial charge is 0.478 e. The van der Waals surface area contributed by atoms with Crippen molar-refractivity contribution in [1.29, 1.82) is 0 Å². The molecule has 0 aliphatic heterocycles. The molecule has 0 spiro atoms. The Morgan fingerprint density at radius 1 is 1.16 bits per heavy atom. The first-order chi connectivity index (χ1) is 17.8. The van der Waals surface area contributed by atoms with Crippen LogP contribution < -0.4 is 16.4 Å². The average Bonchev–Trinajstić information content (AvgIpc) is 3.46. The summed E-state index contributed by atoms with van der Waals surface area (Å²) < 4.78 is 3.95. The minimum Gasteiger partial charge on any atom is -0.478 e. The Bertz CT molecular complexity index is 1630. The van der Waals surface area contributed by atoms with Gasteiger partial charge in [0.2, 0.25) is 0 Å². The normalized spacial score (nSPS) is 11.7. The lowest BCUT2D eigenvalue weighted by Crippen LogP contribution is -2.82. The van der Waals surface area contributed by atoms with Crippen LogP contribution >= 0.6 is 23.1 Å². The van der Waals surface area contributed by atoms with Gasteiger partial charge in [-0.15, -0.1) is 5.10 Å². The summed E-state index contributed by atoms with van der Waals surface area (Å²) in [5.41, 5.74) is 7.58. The number of anilines is 1. The predicted molar refractivity (Wildman–Crippen MR) is 143 cm³/mol. The van der Waals surface area contributed by atoms with E-state index < -0.39 is 11.9 Å². The number of nitrogens with two attached hydrogens (primary N) is 1. The number of nitrogens with zero attached hydrogens (tertiary/aromatic N) is 5. The van der Waals surface area contributed by atoms with Crippen LogP contribution in [-0.4, -0.2) is 46.5 Å². The first-order valence-electron chi connectivity index (χ1n) is 11.7. The molecule has 0 aliphatic rings. The molecule has 0 fully saturated rings. The van der Waals surface area contributed by atoms with E-state index in [0.29, 0.717) is 37.7 Å². The zero-order valence-corrected chi connectivity index (χ0v) is 23.3. The third-order valence-electron chi connectivity index (χ3n) is 6.05. The second kappa shape index (κ2) is 10.2. The van der Waals surface area contributed by atoms with Crippen LogP contribution in [0.25, 0.3) is 5.65 Å². The van der Waals surface area contributed by atoms with Gasteiger partial charge >= 0.3 is 17.1 Å². The SMILES string of the molecule is CCc1c(C)n(C)c2c(N[NH2+]c3nnc(Sc4ccc(C(=O)O)c(C(=O)O)c4)s3)c(C(C)(C)C)nn2c1=O. The maximum atomic E-state index is 13.2. The van der Waals surface area contributed by atoms with Crippen molar-refractivity contribution in [3.63, 3.8) is 0 Å². The summed E-state index contributed by atoms with van der Waals surface area (Å²) in [7, 11) is 1.91. The molecule has 3 aromatic heterocycles. The highest BCUT2D eigenvalue weighted by Crippen LogP contribution is 2.33. The first kappa shape index (κ1) is 27.3. The Labute approximate surface area is 225 Å². The van der Waals surface area contributed by atoms with Crippen molar-refractivity contribution in [2.75, 3.05) is 5.43 Å². The standard InChI is InChI=1S/C24H27N7O5S2/c1-7-13-11(2)30(6)18-16(17(24(3,4)5)29-31(18)19(13)32)25-26-22-27-28-23(38-22)37-12-8-9-14(20(33)34)15(10-12)21(35)36/h8-10,25H,7H2,1-6H3,(H,26,27)(H,33,34)(H,35,36)/p+1. The number of nitrogens with one attached hydrogen (secondary N) is 1. The summed E-state index contributed by atoms with van der Waals surface area (Å²) >= 11 is 2.46. The second-order valence-electron chi connectivity index (χ2n) is 9.61. The minimum atomic E-state index is -1.32. The highest BCUT2D eigenvalue weighted by Gasteiger charge is 2.29. The number of hydrogen-bond donors (Lipinski definition) is 4. The highest BCUT2D eigenvalue weighted by atomic mass is 32.2. The Hall–Kier alpha value is -3.75. The monoisotopic (exact) mass is 558 g/mol. The predicted octanol–water partition coefficient (Wildman–Crippen LogP) is 2.82. The quantitative estimate of drug-likeness (QED) is 0.186. The van der Waals surface area contributed by atoms with E-state index in [1.807, 2.05) is 46.2 Å². The van der Waals surface area contributed by atoms with Crippen molar-refractivity contribution in [2.24, 2.45) is 7.05 Å². The Morgan fingerprint density at radius 3 is 2.45 bits per heavy atom. The van der Waals surface area contributed by atoms with Crippen molar-refractivity contribution >= 4 is 51.5 Å². The zero-order valence-electron chi connectivity index (χ0n) is 21.7. The van der Waals surface area contributed by atoms with Gasteiger partial charge in [0.1, 0.15) is 0 Å². The molecule has 0 radical (unpaired) electrons. The van der Waals surface area contributed by atoms with Gasteiger partial charge in [0.05, 0.1) is 16.8 Å². The van der Waals surface area contributed by atoms with Crippen LogP contribution in [0.2, 0.25) is 0 Å². The summed E-state index contributed by atoms with van der Waals surface area (Å²) in [4.78, 5) is 36.5. The number of aromatic carboxylic acids is 2. The fourth-order valence-corrected chi connectivity index (χ4v) is 5.84. The molecule has 12 nitrogen and oxygen atoms in total. The molecule has 0 atom stereocenters. The van der Waals surface area contributed by atoms with Gasteiger partial charge < -0.3 is 14.8 Å². The van der Waals surface area contributed by atoms with Crippen LogP contribution in [0.4, 0.5) is 10.8 Å². The number of aromatic nitrogens is 5. The first-order valence-corrected chi connectivity index (χ1v) is 13.3. The molecule has 0 aliphatic carbocycles. The van der Waals surface area contributed by atoms with Gasteiger partial charge in [-0.3, -0.25) is 4.79 Å². The van der Waals surface area contributed by atoms with E-state index in [1.165, 1.54) is 45.8 Å². The lowest BCUT2D eigenvalue weighted by Gasteiger charge is -2.17. The van der Waals surface area contributed by atoms with Crippen LogP contribution in [0.5, 0.6) is 0 Å². The number of carbonyl (C=O) groups is 2.